The fraction of sp³-hybridized carbons (Fsp3) is 0.786. The first-order valence-electron chi connectivity index (χ1n) is 19.0. The monoisotopic (exact) mass is 631 g/mol. The van der Waals surface area contributed by atoms with Crippen molar-refractivity contribution in [1.82, 2.24) is 10.3 Å². The highest BCUT2D eigenvalue weighted by Crippen LogP contribution is 2.77. The molecule has 4 saturated carbocycles. The summed E-state index contributed by atoms with van der Waals surface area (Å²) in [5.74, 6) is 4.72. The van der Waals surface area contributed by atoms with Gasteiger partial charge in [-0.3, -0.25) is 4.79 Å². The lowest BCUT2D eigenvalue weighted by Crippen LogP contribution is -2.64. The van der Waals surface area contributed by atoms with Crippen LogP contribution in [0.5, 0.6) is 0 Å². The minimum atomic E-state index is -0.415. The van der Waals surface area contributed by atoms with Crippen molar-refractivity contribution in [2.75, 3.05) is 13.2 Å². The van der Waals surface area contributed by atoms with Crippen LogP contribution in [0.25, 0.3) is 10.9 Å². The van der Waals surface area contributed by atoms with E-state index in [-0.39, 0.29) is 17.2 Å². The van der Waals surface area contributed by atoms with E-state index in [9.17, 15) is 9.90 Å². The SMILES string of the molecule is CC1CC2[C@@]3(C)CC[C@H](C)C(C)(C)C3CC[C@@]2(C)[C@]2(C)CCC(C(C)(C)CCCN[C@@H](Cc3c[nH]c4ccccc34)C(=O)CO)[C@@H]12. The molecule has 0 aliphatic heterocycles. The fourth-order valence-electron chi connectivity index (χ4n) is 13.2. The number of H-pyrrole nitrogens is 1. The van der Waals surface area contributed by atoms with E-state index in [1.807, 2.05) is 18.3 Å². The van der Waals surface area contributed by atoms with Crippen LogP contribution in [-0.4, -0.2) is 35.1 Å². The molecule has 256 valence electrons. The van der Waals surface area contributed by atoms with Gasteiger partial charge in [0.05, 0.1) is 6.04 Å². The lowest BCUT2D eigenvalue weighted by atomic mass is 9.34. The van der Waals surface area contributed by atoms with E-state index in [0.717, 1.165) is 64.9 Å². The van der Waals surface area contributed by atoms with Gasteiger partial charge in [0.25, 0.3) is 0 Å². The number of para-hydroxylation sites is 1. The molecule has 46 heavy (non-hydrogen) atoms. The molecular formula is C42H66N2O2. The number of fused-ring (bicyclic) bond motifs is 6. The highest BCUT2D eigenvalue weighted by Gasteiger charge is 2.70. The molecule has 2 aromatic rings. The summed E-state index contributed by atoms with van der Waals surface area (Å²) in [6.45, 7) is 24.1. The summed E-state index contributed by atoms with van der Waals surface area (Å²) in [7, 11) is 0. The number of rotatable bonds is 10. The van der Waals surface area contributed by atoms with E-state index in [0.29, 0.717) is 28.1 Å². The van der Waals surface area contributed by atoms with Crippen LogP contribution in [0.2, 0.25) is 0 Å². The average molecular weight is 631 g/mol. The van der Waals surface area contributed by atoms with Crippen LogP contribution in [0.1, 0.15) is 126 Å². The maximum absolute atomic E-state index is 12.8. The van der Waals surface area contributed by atoms with Crippen LogP contribution in [0.15, 0.2) is 30.5 Å². The van der Waals surface area contributed by atoms with Gasteiger partial charge in [0.2, 0.25) is 0 Å². The number of aromatic nitrogens is 1. The van der Waals surface area contributed by atoms with Gasteiger partial charge in [0.1, 0.15) is 6.61 Å². The number of aliphatic hydroxyl groups excluding tert-OH is 1. The number of carbonyl (C=O) groups excluding carboxylic acids is 1. The third-order valence-corrected chi connectivity index (χ3v) is 16.3. The van der Waals surface area contributed by atoms with Gasteiger partial charge in [-0.25, -0.2) is 0 Å². The predicted molar refractivity (Wildman–Crippen MR) is 192 cm³/mol. The topological polar surface area (TPSA) is 65.1 Å². The third kappa shape index (κ3) is 5.26. The molecule has 3 N–H and O–H groups in total. The highest BCUT2D eigenvalue weighted by molar-refractivity contribution is 5.87. The smallest absolute Gasteiger partial charge is 0.175 e. The Morgan fingerprint density at radius 2 is 1.72 bits per heavy atom. The summed E-state index contributed by atoms with van der Waals surface area (Å²) >= 11 is 0. The Bertz CT molecular complexity index is 1410. The Labute approximate surface area is 280 Å². The highest BCUT2D eigenvalue weighted by atomic mass is 16.3. The predicted octanol–water partition coefficient (Wildman–Crippen LogP) is 9.60. The summed E-state index contributed by atoms with van der Waals surface area (Å²) in [6.07, 6.45) is 14.7. The zero-order valence-corrected chi connectivity index (χ0v) is 30.8. The first kappa shape index (κ1) is 34.2. The molecule has 4 aliphatic carbocycles. The van der Waals surface area contributed by atoms with Crippen LogP contribution in [0.4, 0.5) is 0 Å². The number of hydrogen-bond acceptors (Lipinski definition) is 3. The van der Waals surface area contributed by atoms with Crippen molar-refractivity contribution in [3.8, 4) is 0 Å². The molecule has 0 amide bonds. The Morgan fingerprint density at radius 1 is 1.00 bits per heavy atom. The average Bonchev–Trinajstić information content (AvgIpc) is 3.60. The summed E-state index contributed by atoms with van der Waals surface area (Å²) in [6, 6.07) is 7.89. The summed E-state index contributed by atoms with van der Waals surface area (Å²) in [5, 5.41) is 14.5. The van der Waals surface area contributed by atoms with Crippen LogP contribution < -0.4 is 5.32 Å². The minimum Gasteiger partial charge on any atom is -0.389 e. The van der Waals surface area contributed by atoms with Crippen LogP contribution in [-0.2, 0) is 11.2 Å². The Balaban J connectivity index is 1.13. The van der Waals surface area contributed by atoms with Crippen LogP contribution >= 0.6 is 0 Å². The van der Waals surface area contributed by atoms with E-state index in [1.165, 1.54) is 51.4 Å². The normalized spacial score (nSPS) is 39.4. The summed E-state index contributed by atoms with van der Waals surface area (Å²) in [4.78, 5) is 16.1. The number of benzene rings is 1. The van der Waals surface area contributed by atoms with Crippen molar-refractivity contribution >= 4 is 16.7 Å². The van der Waals surface area contributed by atoms with Crippen molar-refractivity contribution in [3.05, 3.63) is 36.0 Å². The van der Waals surface area contributed by atoms with Crippen LogP contribution in [0, 0.1) is 62.6 Å². The summed E-state index contributed by atoms with van der Waals surface area (Å²) < 4.78 is 0. The number of Topliss-reactive ketones (excluding diaryl/α,β-unsaturated/α-hetero) is 1. The molecule has 4 nitrogen and oxygen atoms in total. The Hall–Kier alpha value is -1.65. The molecule has 1 aromatic heterocycles. The van der Waals surface area contributed by atoms with E-state index in [4.69, 9.17) is 0 Å². The van der Waals surface area contributed by atoms with Gasteiger partial charge in [-0.05, 0) is 145 Å². The molecule has 6 rings (SSSR count). The Morgan fingerprint density at radius 3 is 2.46 bits per heavy atom. The van der Waals surface area contributed by atoms with Gasteiger partial charge < -0.3 is 15.4 Å². The molecule has 10 atom stereocenters. The van der Waals surface area contributed by atoms with Crippen molar-refractivity contribution in [3.63, 3.8) is 0 Å². The summed E-state index contributed by atoms with van der Waals surface area (Å²) in [5.41, 5.74) is 4.24. The minimum absolute atomic E-state index is 0.117. The van der Waals surface area contributed by atoms with E-state index >= 15 is 0 Å². The van der Waals surface area contributed by atoms with E-state index < -0.39 is 6.61 Å². The maximum Gasteiger partial charge on any atom is 0.175 e. The fourth-order valence-corrected chi connectivity index (χ4v) is 13.2. The molecular weight excluding hydrogens is 564 g/mol. The van der Waals surface area contributed by atoms with E-state index in [2.05, 4.69) is 84.7 Å². The lowest BCUT2D eigenvalue weighted by Gasteiger charge is -2.71. The number of ketones is 1. The number of aliphatic hydroxyl groups is 1. The van der Waals surface area contributed by atoms with E-state index in [1.54, 1.807) is 0 Å². The van der Waals surface area contributed by atoms with Gasteiger partial charge in [0, 0.05) is 17.1 Å². The standard InChI is InChI=1S/C42H66N2O2/c1-27-23-36-40(7)19-15-28(2)39(5,6)35(40)17-21-41(36,8)42(9)20-16-31(37(27)42)38(3,4)18-12-22-43-33(34(46)26-45)24-29-25-44-32-14-11-10-13-30(29)32/h10-11,13-14,25,27-28,31,33,35-37,43-45H,12,15-24,26H2,1-9H3/t27?,28-,31?,33-,35?,36?,37+,40-,41+,42+/m0/s1. The van der Waals surface area contributed by atoms with Gasteiger partial charge in [-0.15, -0.1) is 0 Å². The third-order valence-electron chi connectivity index (χ3n) is 16.3. The molecule has 4 heteroatoms. The van der Waals surface area contributed by atoms with Crippen molar-refractivity contribution in [2.45, 2.75) is 133 Å². The largest absolute Gasteiger partial charge is 0.389 e. The molecule has 1 heterocycles. The second-order valence-electron chi connectivity index (χ2n) is 18.9. The van der Waals surface area contributed by atoms with Gasteiger partial charge >= 0.3 is 0 Å². The molecule has 0 radical (unpaired) electrons. The molecule has 0 saturated heterocycles. The quantitative estimate of drug-likeness (QED) is 0.229. The molecule has 4 aliphatic rings. The first-order chi connectivity index (χ1) is 21.6. The Kier molecular flexibility index (Phi) is 8.96. The lowest BCUT2D eigenvalue weighted by molar-refractivity contribution is -0.225. The molecule has 1 aromatic carbocycles. The second-order valence-corrected chi connectivity index (χ2v) is 18.9. The number of carbonyl (C=O) groups is 1. The van der Waals surface area contributed by atoms with Crippen molar-refractivity contribution in [2.24, 2.45) is 62.6 Å². The molecule has 4 unspecified atom stereocenters. The van der Waals surface area contributed by atoms with Crippen LogP contribution in [0.3, 0.4) is 0 Å². The van der Waals surface area contributed by atoms with Crippen molar-refractivity contribution in [1.29, 1.82) is 0 Å². The molecule has 0 spiro atoms. The number of aromatic amines is 1. The van der Waals surface area contributed by atoms with Gasteiger partial charge in [-0.2, -0.15) is 0 Å². The number of hydrogen-bond donors (Lipinski definition) is 3. The zero-order valence-electron chi connectivity index (χ0n) is 30.8. The maximum atomic E-state index is 12.8. The molecule has 0 bridgehead atoms. The van der Waals surface area contributed by atoms with Crippen molar-refractivity contribution < 1.29 is 9.90 Å². The second kappa shape index (κ2) is 12.0. The zero-order chi connectivity index (χ0) is 33.3. The van der Waals surface area contributed by atoms with Gasteiger partial charge in [0.15, 0.2) is 5.78 Å². The molecule has 4 fully saturated rings. The first-order valence-corrected chi connectivity index (χ1v) is 19.0. The number of nitrogens with one attached hydrogen (secondary N) is 2. The van der Waals surface area contributed by atoms with Gasteiger partial charge in [-0.1, -0.05) is 80.5 Å².